The van der Waals surface area contributed by atoms with E-state index in [1.165, 1.54) is 35.8 Å². The van der Waals surface area contributed by atoms with Crippen LogP contribution in [0.3, 0.4) is 0 Å². The van der Waals surface area contributed by atoms with Crippen LogP contribution in [0.2, 0.25) is 0 Å². The maximum absolute atomic E-state index is 13.1. The van der Waals surface area contributed by atoms with E-state index < -0.39 is 34.0 Å². The topological polar surface area (TPSA) is 95.3 Å². The van der Waals surface area contributed by atoms with E-state index in [0.717, 1.165) is 24.3 Å². The van der Waals surface area contributed by atoms with Crippen LogP contribution in [0.4, 0.5) is 17.6 Å². The zero-order valence-electron chi connectivity index (χ0n) is 16.8. The fraction of sp³-hybridized carbons (Fsp3) is 0.263. The van der Waals surface area contributed by atoms with Crippen molar-refractivity contribution < 1.29 is 35.5 Å². The Morgan fingerprint density at radius 1 is 1.03 bits per heavy atom. The second kappa shape index (κ2) is 9.12. The second-order valence-electron chi connectivity index (χ2n) is 6.50. The van der Waals surface area contributed by atoms with Crippen molar-refractivity contribution in [2.24, 2.45) is 0 Å². The number of hydrogen-bond acceptors (Lipinski definition) is 6. The van der Waals surface area contributed by atoms with Crippen LogP contribution < -0.4 is 14.2 Å². The lowest BCUT2D eigenvalue weighted by Gasteiger charge is -2.16. The lowest BCUT2D eigenvalue weighted by Crippen LogP contribution is -2.29. The Hall–Kier alpha value is -3.19. The molecule has 1 aromatic heterocycles. The van der Waals surface area contributed by atoms with Gasteiger partial charge in [0.05, 0.1) is 10.9 Å². The normalized spacial score (nSPS) is 13.1. The van der Waals surface area contributed by atoms with Crippen molar-refractivity contribution in [2.45, 2.75) is 37.7 Å². The molecule has 0 saturated carbocycles. The summed E-state index contributed by atoms with van der Waals surface area (Å²) >= 11 is 0. The molecule has 1 N–H and O–H groups in total. The summed E-state index contributed by atoms with van der Waals surface area (Å²) in [6.45, 7) is 3.63. The SMILES string of the molecule is CCn1c(Oc2ccc(F)cc2)nnc1[C@@H](C)NS(=O)(=O)c1ccc(OC(F)(F)F)cc1. The summed E-state index contributed by atoms with van der Waals surface area (Å²) in [4.78, 5) is -0.260. The predicted molar refractivity (Wildman–Crippen MR) is 104 cm³/mol. The van der Waals surface area contributed by atoms with Gasteiger partial charge in [0.25, 0.3) is 0 Å². The van der Waals surface area contributed by atoms with Gasteiger partial charge in [-0.15, -0.1) is 18.3 Å². The third-order valence-electron chi connectivity index (χ3n) is 4.17. The number of nitrogens with zero attached hydrogens (tertiary/aromatic N) is 3. The fourth-order valence-electron chi connectivity index (χ4n) is 2.78. The summed E-state index contributed by atoms with van der Waals surface area (Å²) in [5.41, 5.74) is 0. The van der Waals surface area contributed by atoms with Gasteiger partial charge in [-0.05, 0) is 62.4 Å². The molecule has 32 heavy (non-hydrogen) atoms. The van der Waals surface area contributed by atoms with Crippen LogP contribution in [0.1, 0.15) is 25.7 Å². The van der Waals surface area contributed by atoms with Crippen LogP contribution >= 0.6 is 0 Å². The number of aromatic nitrogens is 3. The largest absolute Gasteiger partial charge is 0.573 e. The minimum atomic E-state index is -4.88. The molecule has 0 aliphatic carbocycles. The molecule has 1 atom stereocenters. The molecule has 0 bridgehead atoms. The first-order valence-corrected chi connectivity index (χ1v) is 10.7. The van der Waals surface area contributed by atoms with E-state index in [-0.39, 0.29) is 16.7 Å². The first-order chi connectivity index (χ1) is 15.0. The summed E-state index contributed by atoms with van der Waals surface area (Å²) in [5, 5.41) is 7.89. The van der Waals surface area contributed by atoms with Crippen molar-refractivity contribution in [1.29, 1.82) is 0 Å². The lowest BCUT2D eigenvalue weighted by molar-refractivity contribution is -0.274. The zero-order chi connectivity index (χ0) is 23.5. The molecule has 0 aliphatic rings. The molecule has 3 aromatic rings. The molecular weight excluding hydrogens is 456 g/mol. The van der Waals surface area contributed by atoms with E-state index in [0.29, 0.717) is 12.3 Å². The lowest BCUT2D eigenvalue weighted by atomic mass is 10.3. The molecule has 172 valence electrons. The average molecular weight is 474 g/mol. The minimum absolute atomic E-state index is 0.0776. The van der Waals surface area contributed by atoms with Gasteiger partial charge in [-0.1, -0.05) is 5.10 Å². The monoisotopic (exact) mass is 474 g/mol. The van der Waals surface area contributed by atoms with Crippen LogP contribution in [0.15, 0.2) is 53.4 Å². The van der Waals surface area contributed by atoms with E-state index in [1.807, 2.05) is 0 Å². The molecule has 2 aromatic carbocycles. The van der Waals surface area contributed by atoms with Gasteiger partial charge >= 0.3 is 12.4 Å². The maximum atomic E-state index is 13.1. The molecule has 1 heterocycles. The van der Waals surface area contributed by atoms with Gasteiger partial charge in [-0.3, -0.25) is 4.57 Å². The molecule has 0 unspecified atom stereocenters. The molecular formula is C19H18F4N4O4S. The second-order valence-corrected chi connectivity index (χ2v) is 8.22. The van der Waals surface area contributed by atoms with E-state index >= 15 is 0 Å². The van der Waals surface area contributed by atoms with E-state index in [4.69, 9.17) is 4.74 Å². The van der Waals surface area contributed by atoms with Gasteiger partial charge in [0.1, 0.15) is 17.3 Å². The smallest absolute Gasteiger partial charge is 0.424 e. The van der Waals surface area contributed by atoms with Gasteiger partial charge in [0.15, 0.2) is 5.82 Å². The Labute approximate surface area is 180 Å². The van der Waals surface area contributed by atoms with Crippen molar-refractivity contribution in [3.8, 4) is 17.5 Å². The highest BCUT2D eigenvalue weighted by molar-refractivity contribution is 7.89. The van der Waals surface area contributed by atoms with Gasteiger partial charge in [-0.25, -0.2) is 17.5 Å². The summed E-state index contributed by atoms with van der Waals surface area (Å²) in [7, 11) is -4.10. The molecule has 0 fully saturated rings. The van der Waals surface area contributed by atoms with Crippen LogP contribution in [0.25, 0.3) is 0 Å². The summed E-state index contributed by atoms with van der Waals surface area (Å²) in [6.07, 6.45) is -4.88. The Morgan fingerprint density at radius 2 is 1.62 bits per heavy atom. The van der Waals surface area contributed by atoms with Crippen LogP contribution in [-0.4, -0.2) is 29.5 Å². The van der Waals surface area contributed by atoms with Crippen molar-refractivity contribution in [1.82, 2.24) is 19.5 Å². The first kappa shape index (κ1) is 23.5. The third-order valence-corrected chi connectivity index (χ3v) is 5.73. The Morgan fingerprint density at radius 3 is 2.19 bits per heavy atom. The van der Waals surface area contributed by atoms with Gasteiger partial charge in [0.2, 0.25) is 10.0 Å². The molecule has 13 heteroatoms. The van der Waals surface area contributed by atoms with Gasteiger partial charge in [-0.2, -0.15) is 0 Å². The Balaban J connectivity index is 1.76. The van der Waals surface area contributed by atoms with Crippen LogP contribution in [-0.2, 0) is 16.6 Å². The number of halogens is 4. The number of alkyl halides is 3. The zero-order valence-corrected chi connectivity index (χ0v) is 17.6. The number of nitrogens with one attached hydrogen (secondary N) is 1. The van der Waals surface area contributed by atoms with E-state index in [9.17, 15) is 26.0 Å². The number of benzene rings is 2. The molecule has 0 spiro atoms. The molecule has 0 saturated heterocycles. The quantitative estimate of drug-likeness (QED) is 0.493. The average Bonchev–Trinajstić information content (AvgIpc) is 3.11. The van der Waals surface area contributed by atoms with Gasteiger partial charge in [0, 0.05) is 6.54 Å². The summed E-state index contributed by atoms with van der Waals surface area (Å²) in [5.74, 6) is -0.423. The summed E-state index contributed by atoms with van der Waals surface area (Å²) < 4.78 is 88.4. The standard InChI is InChI=1S/C19H18F4N4O4S/c1-3-27-17(24-25-18(27)30-14-6-4-13(20)5-7-14)12(2)26-32(28,29)16-10-8-15(9-11-16)31-19(21,22)23/h4-12,26H,3H2,1-2H3/t12-/m1/s1. The molecule has 3 rings (SSSR count). The number of rotatable bonds is 8. The maximum Gasteiger partial charge on any atom is 0.573 e. The Kier molecular flexibility index (Phi) is 6.69. The van der Waals surface area contributed by atoms with Crippen LogP contribution in [0.5, 0.6) is 17.5 Å². The molecule has 8 nitrogen and oxygen atoms in total. The molecule has 0 radical (unpaired) electrons. The van der Waals surface area contributed by atoms with Crippen molar-refractivity contribution in [2.75, 3.05) is 0 Å². The highest BCUT2D eigenvalue weighted by Gasteiger charge is 2.31. The predicted octanol–water partition coefficient (Wildman–Crippen LogP) is 4.17. The van der Waals surface area contributed by atoms with Crippen molar-refractivity contribution in [3.05, 3.63) is 60.2 Å². The van der Waals surface area contributed by atoms with Crippen molar-refractivity contribution >= 4 is 10.0 Å². The molecule has 0 amide bonds. The number of sulfonamides is 1. The van der Waals surface area contributed by atoms with E-state index in [1.54, 1.807) is 6.92 Å². The highest BCUT2D eigenvalue weighted by Crippen LogP contribution is 2.26. The van der Waals surface area contributed by atoms with Crippen LogP contribution in [0, 0.1) is 5.82 Å². The number of hydrogen-bond donors (Lipinski definition) is 1. The summed E-state index contributed by atoms with van der Waals surface area (Å²) in [6, 6.07) is 8.23. The van der Waals surface area contributed by atoms with E-state index in [2.05, 4.69) is 19.7 Å². The third kappa shape index (κ3) is 5.73. The molecule has 0 aliphatic heterocycles. The fourth-order valence-corrected chi connectivity index (χ4v) is 3.98. The first-order valence-electron chi connectivity index (χ1n) is 9.23. The minimum Gasteiger partial charge on any atom is -0.424 e. The van der Waals surface area contributed by atoms with Gasteiger partial charge < -0.3 is 9.47 Å². The number of ether oxygens (including phenoxy) is 2. The Bertz CT molecular complexity index is 1160. The van der Waals surface area contributed by atoms with Crippen molar-refractivity contribution in [3.63, 3.8) is 0 Å². The highest BCUT2D eigenvalue weighted by atomic mass is 32.2.